The molecule has 0 radical (unpaired) electrons. The summed E-state index contributed by atoms with van der Waals surface area (Å²) in [5.41, 5.74) is 2.17. The van der Waals surface area contributed by atoms with Crippen molar-refractivity contribution in [3.63, 3.8) is 0 Å². The highest BCUT2D eigenvalue weighted by molar-refractivity contribution is 5.98. The van der Waals surface area contributed by atoms with E-state index in [2.05, 4.69) is 10.6 Å². The largest absolute Gasteiger partial charge is 0.460 e. The molecule has 0 spiro atoms. The van der Waals surface area contributed by atoms with E-state index in [1.54, 1.807) is 17.0 Å². The van der Waals surface area contributed by atoms with Gasteiger partial charge in [-0.05, 0) is 37.3 Å². The number of benzene rings is 2. The lowest BCUT2D eigenvalue weighted by Crippen LogP contribution is -2.27. The predicted octanol–water partition coefficient (Wildman–Crippen LogP) is 3.70. The minimum absolute atomic E-state index is 0.121. The van der Waals surface area contributed by atoms with Crippen LogP contribution in [0.4, 0.5) is 16.2 Å². The number of furan rings is 1. The first-order valence-electron chi connectivity index (χ1n) is 8.56. The Labute approximate surface area is 150 Å². The number of urea groups is 1. The van der Waals surface area contributed by atoms with Crippen LogP contribution in [0.15, 0.2) is 59.0 Å². The number of nitrogens with one attached hydrogen (secondary N) is 2. The molecule has 132 valence electrons. The third-order valence-electron chi connectivity index (χ3n) is 4.55. The molecule has 0 aliphatic carbocycles. The molecule has 3 amide bonds. The molecule has 1 aliphatic heterocycles. The van der Waals surface area contributed by atoms with E-state index in [-0.39, 0.29) is 11.9 Å². The average molecular weight is 349 g/mol. The van der Waals surface area contributed by atoms with Gasteiger partial charge in [0.1, 0.15) is 11.3 Å². The van der Waals surface area contributed by atoms with Crippen LogP contribution in [0.1, 0.15) is 18.6 Å². The molecule has 1 saturated heterocycles. The summed E-state index contributed by atoms with van der Waals surface area (Å²) in [6.07, 6.45) is 0. The maximum absolute atomic E-state index is 12.6. The molecule has 4 rings (SSSR count). The number of rotatable bonds is 4. The molecule has 26 heavy (non-hydrogen) atoms. The Hall–Kier alpha value is -3.28. The van der Waals surface area contributed by atoms with E-state index < -0.39 is 5.92 Å². The van der Waals surface area contributed by atoms with Crippen LogP contribution in [0.2, 0.25) is 0 Å². The van der Waals surface area contributed by atoms with Gasteiger partial charge in [-0.1, -0.05) is 24.3 Å². The molecule has 3 aromatic rings. The Morgan fingerprint density at radius 1 is 1.19 bits per heavy atom. The number of nitrogens with zero attached hydrogens (tertiary/aromatic N) is 1. The molecule has 1 fully saturated rings. The number of para-hydroxylation sites is 1. The van der Waals surface area contributed by atoms with E-state index in [0.717, 1.165) is 16.7 Å². The number of hydrogen-bond donors (Lipinski definition) is 2. The first-order chi connectivity index (χ1) is 12.6. The van der Waals surface area contributed by atoms with Crippen molar-refractivity contribution in [2.75, 3.05) is 23.3 Å². The summed E-state index contributed by atoms with van der Waals surface area (Å²) in [6, 6.07) is 16.7. The van der Waals surface area contributed by atoms with Gasteiger partial charge in [0.2, 0.25) is 5.91 Å². The number of fused-ring (bicyclic) bond motifs is 1. The molecule has 0 saturated carbocycles. The van der Waals surface area contributed by atoms with Crippen LogP contribution in [0.25, 0.3) is 11.0 Å². The summed E-state index contributed by atoms with van der Waals surface area (Å²) < 4.78 is 5.79. The number of amides is 3. The first-order valence-corrected chi connectivity index (χ1v) is 8.56. The molecule has 6 heteroatoms. The minimum Gasteiger partial charge on any atom is -0.460 e. The Kier molecular flexibility index (Phi) is 4.08. The van der Waals surface area contributed by atoms with Crippen LogP contribution < -0.4 is 15.5 Å². The van der Waals surface area contributed by atoms with Gasteiger partial charge in [0.25, 0.3) is 0 Å². The second-order valence-electron chi connectivity index (χ2n) is 6.33. The summed E-state index contributed by atoms with van der Waals surface area (Å²) in [5.74, 6) is 0.0343. The highest BCUT2D eigenvalue weighted by Crippen LogP contribution is 2.27. The molecule has 2 heterocycles. The third kappa shape index (κ3) is 3.01. The first kappa shape index (κ1) is 16.2. The van der Waals surface area contributed by atoms with Crippen LogP contribution in [-0.4, -0.2) is 25.0 Å². The van der Waals surface area contributed by atoms with Crippen LogP contribution in [0, 0.1) is 0 Å². The highest BCUT2D eigenvalue weighted by atomic mass is 16.3. The fourth-order valence-corrected chi connectivity index (χ4v) is 3.07. The normalized spacial score (nSPS) is 15.1. The third-order valence-corrected chi connectivity index (χ3v) is 4.55. The molecule has 1 atom stereocenters. The topological polar surface area (TPSA) is 74.6 Å². The molecular weight excluding hydrogens is 330 g/mol. The summed E-state index contributed by atoms with van der Waals surface area (Å²) in [6.45, 7) is 3.05. The Morgan fingerprint density at radius 3 is 2.81 bits per heavy atom. The van der Waals surface area contributed by atoms with Crippen molar-refractivity contribution in [2.45, 2.75) is 12.8 Å². The Morgan fingerprint density at radius 2 is 2.04 bits per heavy atom. The average Bonchev–Trinajstić information content (AvgIpc) is 3.27. The molecule has 2 aromatic carbocycles. The van der Waals surface area contributed by atoms with E-state index in [0.29, 0.717) is 24.5 Å². The van der Waals surface area contributed by atoms with Crippen molar-refractivity contribution in [1.29, 1.82) is 0 Å². The van der Waals surface area contributed by atoms with Crippen molar-refractivity contribution in [3.8, 4) is 0 Å². The fourth-order valence-electron chi connectivity index (χ4n) is 3.07. The minimum atomic E-state index is -0.429. The molecular formula is C20H19N3O3. The molecule has 0 unspecified atom stereocenters. The van der Waals surface area contributed by atoms with Gasteiger partial charge in [0.05, 0.1) is 5.92 Å². The van der Waals surface area contributed by atoms with E-state index in [1.165, 1.54) is 0 Å². The lowest BCUT2D eigenvalue weighted by molar-refractivity contribution is -0.117. The lowest BCUT2D eigenvalue weighted by Gasteiger charge is -2.16. The van der Waals surface area contributed by atoms with Gasteiger partial charge in [-0.25, -0.2) is 4.79 Å². The molecule has 2 N–H and O–H groups in total. The van der Waals surface area contributed by atoms with Crippen molar-refractivity contribution in [1.82, 2.24) is 5.32 Å². The van der Waals surface area contributed by atoms with Gasteiger partial charge >= 0.3 is 6.03 Å². The van der Waals surface area contributed by atoms with Crippen LogP contribution in [-0.2, 0) is 4.79 Å². The summed E-state index contributed by atoms with van der Waals surface area (Å²) in [5, 5.41) is 6.65. The smallest absolute Gasteiger partial charge is 0.321 e. The van der Waals surface area contributed by atoms with Crippen molar-refractivity contribution in [2.24, 2.45) is 0 Å². The van der Waals surface area contributed by atoms with Crippen LogP contribution in [0.5, 0.6) is 0 Å². The number of carbonyl (C=O) groups is 2. The van der Waals surface area contributed by atoms with Crippen LogP contribution in [0.3, 0.4) is 0 Å². The molecule has 6 nitrogen and oxygen atoms in total. The zero-order chi connectivity index (χ0) is 18.1. The van der Waals surface area contributed by atoms with E-state index in [4.69, 9.17) is 4.42 Å². The summed E-state index contributed by atoms with van der Waals surface area (Å²) in [4.78, 5) is 26.1. The quantitative estimate of drug-likeness (QED) is 0.754. The number of carbonyl (C=O) groups excluding carboxylic acids is 2. The van der Waals surface area contributed by atoms with Crippen molar-refractivity contribution < 1.29 is 14.0 Å². The zero-order valence-electron chi connectivity index (χ0n) is 14.4. The predicted molar refractivity (Wildman–Crippen MR) is 100 cm³/mol. The highest BCUT2D eigenvalue weighted by Gasteiger charge is 2.22. The van der Waals surface area contributed by atoms with E-state index in [1.807, 2.05) is 49.4 Å². The second-order valence-corrected chi connectivity index (χ2v) is 6.33. The van der Waals surface area contributed by atoms with Gasteiger partial charge < -0.3 is 15.1 Å². The Balaban J connectivity index is 1.51. The van der Waals surface area contributed by atoms with Gasteiger partial charge in [-0.15, -0.1) is 0 Å². The monoisotopic (exact) mass is 349 g/mol. The van der Waals surface area contributed by atoms with Crippen molar-refractivity contribution in [3.05, 3.63) is 60.4 Å². The van der Waals surface area contributed by atoms with E-state index in [9.17, 15) is 9.59 Å². The molecule has 1 aliphatic rings. The standard InChI is InChI=1S/C20H19N3O3/c1-13(18-11-14-5-2-3-8-17(14)26-18)19(24)22-15-6-4-7-16(12-15)23-10-9-21-20(23)25/h2-8,11-13H,9-10H2,1H3,(H,21,25)(H,22,24)/t13-/m0/s1. The maximum Gasteiger partial charge on any atom is 0.321 e. The van der Waals surface area contributed by atoms with Crippen molar-refractivity contribution >= 4 is 34.3 Å². The maximum atomic E-state index is 12.6. The van der Waals surface area contributed by atoms with Gasteiger partial charge in [0.15, 0.2) is 0 Å². The number of hydrogen-bond acceptors (Lipinski definition) is 3. The van der Waals surface area contributed by atoms with Gasteiger partial charge in [-0.3, -0.25) is 9.69 Å². The van der Waals surface area contributed by atoms with Crippen LogP contribution >= 0.6 is 0 Å². The summed E-state index contributed by atoms with van der Waals surface area (Å²) >= 11 is 0. The molecule has 1 aromatic heterocycles. The zero-order valence-corrected chi connectivity index (χ0v) is 14.4. The number of anilines is 2. The van der Waals surface area contributed by atoms with E-state index >= 15 is 0 Å². The fraction of sp³-hybridized carbons (Fsp3) is 0.200. The Bertz CT molecular complexity index is 946. The molecule has 0 bridgehead atoms. The van der Waals surface area contributed by atoms with Gasteiger partial charge in [0, 0.05) is 29.9 Å². The SMILES string of the molecule is C[C@H](C(=O)Nc1cccc(N2CCNC2=O)c1)c1cc2ccccc2o1. The van der Waals surface area contributed by atoms with Gasteiger partial charge in [-0.2, -0.15) is 0 Å². The summed E-state index contributed by atoms with van der Waals surface area (Å²) in [7, 11) is 0. The second kappa shape index (κ2) is 6.55. The lowest BCUT2D eigenvalue weighted by atomic mass is 10.1.